The van der Waals surface area contributed by atoms with E-state index in [1.54, 1.807) is 18.2 Å². The predicted molar refractivity (Wildman–Crippen MR) is 66.6 cm³/mol. The number of hydrogen-bond acceptors (Lipinski definition) is 1. The molecule has 0 spiro atoms. The van der Waals surface area contributed by atoms with Gasteiger partial charge in [-0.05, 0) is 18.2 Å². The fourth-order valence-electron chi connectivity index (χ4n) is 1.05. The summed E-state index contributed by atoms with van der Waals surface area (Å²) in [6.45, 7) is 2.02. The number of amides is 1. The Kier molecular flexibility index (Phi) is 5.18. The van der Waals surface area contributed by atoms with Gasteiger partial charge in [0.2, 0.25) is 5.91 Å². The fourth-order valence-corrected chi connectivity index (χ4v) is 1.51. The molecule has 1 N–H and O–H groups in total. The van der Waals surface area contributed by atoms with E-state index in [0.717, 1.165) is 5.56 Å². The molecule has 0 aliphatic rings. The predicted octanol–water partition coefficient (Wildman–Crippen LogP) is 2.87. The van der Waals surface area contributed by atoms with E-state index >= 15 is 0 Å². The normalized spacial score (nSPS) is 9.19. The van der Waals surface area contributed by atoms with Crippen LogP contribution in [0.25, 0.3) is 0 Å². The van der Waals surface area contributed by atoms with E-state index in [1.165, 1.54) is 6.92 Å². The van der Waals surface area contributed by atoms with Crippen LogP contribution >= 0.6 is 23.2 Å². The third kappa shape index (κ3) is 4.57. The van der Waals surface area contributed by atoms with Gasteiger partial charge in [-0.2, -0.15) is 0 Å². The number of halogens is 2. The summed E-state index contributed by atoms with van der Waals surface area (Å²) in [7, 11) is 0. The Labute approximate surface area is 105 Å². The average Bonchev–Trinajstić information content (AvgIpc) is 2.20. The van der Waals surface area contributed by atoms with Crippen molar-refractivity contribution < 1.29 is 4.79 Å². The third-order valence-electron chi connectivity index (χ3n) is 1.78. The van der Waals surface area contributed by atoms with Gasteiger partial charge in [0.05, 0.1) is 5.02 Å². The maximum absolute atomic E-state index is 10.6. The summed E-state index contributed by atoms with van der Waals surface area (Å²) in [5, 5.41) is 3.79. The molecule has 0 heterocycles. The smallest absolute Gasteiger partial charge is 0.216 e. The summed E-state index contributed by atoms with van der Waals surface area (Å²) in [5.41, 5.74) is 0.744. The van der Waals surface area contributed by atoms with Crippen molar-refractivity contribution in [3.8, 4) is 11.8 Å². The van der Waals surface area contributed by atoms with E-state index in [9.17, 15) is 4.79 Å². The minimum absolute atomic E-state index is 0.0497. The molecule has 0 aliphatic carbocycles. The monoisotopic (exact) mass is 255 g/mol. The molecule has 2 nitrogen and oxygen atoms in total. The molecule has 0 fully saturated rings. The zero-order valence-corrected chi connectivity index (χ0v) is 10.3. The molecule has 1 rings (SSSR count). The zero-order chi connectivity index (χ0) is 12.0. The van der Waals surface area contributed by atoms with Crippen LogP contribution in [0.4, 0.5) is 0 Å². The van der Waals surface area contributed by atoms with Crippen LogP contribution in [0.5, 0.6) is 0 Å². The van der Waals surface area contributed by atoms with Gasteiger partial charge in [-0.25, -0.2) is 0 Å². The van der Waals surface area contributed by atoms with Gasteiger partial charge in [0, 0.05) is 30.5 Å². The van der Waals surface area contributed by atoms with Crippen molar-refractivity contribution in [2.75, 3.05) is 6.54 Å². The van der Waals surface area contributed by atoms with E-state index in [-0.39, 0.29) is 5.91 Å². The summed E-state index contributed by atoms with van der Waals surface area (Å²) >= 11 is 11.7. The molecule has 1 aromatic rings. The first-order chi connectivity index (χ1) is 7.59. The molecule has 84 valence electrons. The van der Waals surface area contributed by atoms with Crippen molar-refractivity contribution in [1.29, 1.82) is 0 Å². The third-order valence-corrected chi connectivity index (χ3v) is 2.33. The van der Waals surface area contributed by atoms with Gasteiger partial charge in [-0.3, -0.25) is 4.79 Å². The Balaban J connectivity index is 2.53. The lowest BCUT2D eigenvalue weighted by atomic mass is 10.2. The fraction of sp³-hybridized carbons (Fsp3) is 0.250. The van der Waals surface area contributed by atoms with E-state index in [2.05, 4.69) is 17.2 Å². The quantitative estimate of drug-likeness (QED) is 0.639. The molecule has 0 saturated carbocycles. The highest BCUT2D eigenvalue weighted by molar-refractivity contribution is 6.35. The summed E-state index contributed by atoms with van der Waals surface area (Å²) in [4.78, 5) is 10.6. The van der Waals surface area contributed by atoms with E-state index in [4.69, 9.17) is 23.2 Å². The summed E-state index contributed by atoms with van der Waals surface area (Å²) < 4.78 is 0. The van der Waals surface area contributed by atoms with Crippen molar-refractivity contribution >= 4 is 29.1 Å². The number of rotatable bonds is 2. The molecule has 16 heavy (non-hydrogen) atoms. The van der Waals surface area contributed by atoms with E-state index < -0.39 is 0 Å². The van der Waals surface area contributed by atoms with E-state index in [1.807, 2.05) is 0 Å². The Morgan fingerprint density at radius 2 is 2.19 bits per heavy atom. The number of nitrogens with one attached hydrogen (secondary N) is 1. The number of benzene rings is 1. The molecular weight excluding hydrogens is 245 g/mol. The van der Waals surface area contributed by atoms with Gasteiger partial charge in [-0.1, -0.05) is 35.0 Å². The molecule has 0 aliphatic heterocycles. The van der Waals surface area contributed by atoms with Crippen LogP contribution in [0.1, 0.15) is 18.9 Å². The van der Waals surface area contributed by atoms with Crippen molar-refractivity contribution in [1.82, 2.24) is 5.32 Å². The lowest BCUT2D eigenvalue weighted by Gasteiger charge is -1.96. The minimum atomic E-state index is -0.0497. The van der Waals surface area contributed by atoms with Crippen LogP contribution in [-0.2, 0) is 4.79 Å². The molecule has 0 aromatic heterocycles. The molecule has 0 unspecified atom stereocenters. The average molecular weight is 256 g/mol. The summed E-state index contributed by atoms with van der Waals surface area (Å²) in [6.07, 6.45) is 0.596. The first-order valence-corrected chi connectivity index (χ1v) is 5.53. The van der Waals surface area contributed by atoms with Gasteiger partial charge in [0.1, 0.15) is 0 Å². The molecule has 0 bridgehead atoms. The lowest BCUT2D eigenvalue weighted by Crippen LogP contribution is -2.20. The number of carbonyl (C=O) groups is 1. The van der Waals surface area contributed by atoms with Gasteiger partial charge < -0.3 is 5.32 Å². The van der Waals surface area contributed by atoms with Crippen LogP contribution in [0.15, 0.2) is 18.2 Å². The first-order valence-electron chi connectivity index (χ1n) is 4.78. The van der Waals surface area contributed by atoms with Gasteiger partial charge in [-0.15, -0.1) is 0 Å². The standard InChI is InChI=1S/C12H11Cl2NO/c1-9(16)15-7-3-2-4-10-5-6-11(13)8-12(10)14/h5-6,8H,3,7H2,1H3,(H,15,16). The maximum Gasteiger partial charge on any atom is 0.216 e. The molecule has 0 saturated heterocycles. The first kappa shape index (κ1) is 12.9. The topological polar surface area (TPSA) is 29.1 Å². The molecular formula is C12H11Cl2NO. The van der Waals surface area contributed by atoms with Crippen molar-refractivity contribution in [2.24, 2.45) is 0 Å². The van der Waals surface area contributed by atoms with Gasteiger partial charge in [0.15, 0.2) is 0 Å². The SMILES string of the molecule is CC(=O)NCCC#Cc1ccc(Cl)cc1Cl. The highest BCUT2D eigenvalue weighted by atomic mass is 35.5. The highest BCUT2D eigenvalue weighted by Gasteiger charge is 1.96. The van der Waals surface area contributed by atoms with E-state index in [0.29, 0.717) is 23.0 Å². The van der Waals surface area contributed by atoms with Crippen molar-refractivity contribution in [2.45, 2.75) is 13.3 Å². The van der Waals surface area contributed by atoms with Crippen molar-refractivity contribution in [3.63, 3.8) is 0 Å². The second-order valence-electron chi connectivity index (χ2n) is 3.16. The second-order valence-corrected chi connectivity index (χ2v) is 4.00. The highest BCUT2D eigenvalue weighted by Crippen LogP contribution is 2.19. The summed E-state index contributed by atoms with van der Waals surface area (Å²) in [6, 6.07) is 5.17. The molecule has 0 atom stereocenters. The summed E-state index contributed by atoms with van der Waals surface area (Å²) in [5.74, 6) is 5.80. The molecule has 1 aromatic carbocycles. The second kappa shape index (κ2) is 6.42. The van der Waals surface area contributed by atoms with Crippen LogP contribution in [0.3, 0.4) is 0 Å². The largest absolute Gasteiger partial charge is 0.355 e. The zero-order valence-electron chi connectivity index (χ0n) is 8.81. The molecule has 1 amide bonds. The van der Waals surface area contributed by atoms with Crippen LogP contribution in [-0.4, -0.2) is 12.5 Å². The number of carbonyl (C=O) groups excluding carboxylic acids is 1. The Morgan fingerprint density at radius 3 is 2.81 bits per heavy atom. The Morgan fingerprint density at radius 1 is 1.44 bits per heavy atom. The van der Waals surface area contributed by atoms with Crippen LogP contribution < -0.4 is 5.32 Å². The maximum atomic E-state index is 10.6. The van der Waals surface area contributed by atoms with Crippen LogP contribution in [0, 0.1) is 11.8 Å². The lowest BCUT2D eigenvalue weighted by molar-refractivity contribution is -0.118. The number of hydrogen-bond donors (Lipinski definition) is 1. The van der Waals surface area contributed by atoms with Crippen molar-refractivity contribution in [3.05, 3.63) is 33.8 Å². The van der Waals surface area contributed by atoms with Gasteiger partial charge in [0.25, 0.3) is 0 Å². The van der Waals surface area contributed by atoms with Gasteiger partial charge >= 0.3 is 0 Å². The Hall–Kier alpha value is -1.17. The minimum Gasteiger partial charge on any atom is -0.355 e. The van der Waals surface area contributed by atoms with Crippen LogP contribution in [0.2, 0.25) is 10.0 Å². The Bertz CT molecular complexity index is 446. The molecule has 0 radical (unpaired) electrons. The molecule has 4 heteroatoms.